The average molecular weight is 161 g/mol. The summed E-state index contributed by atoms with van der Waals surface area (Å²) in [7, 11) is 0. The van der Waals surface area contributed by atoms with Gasteiger partial charge in [-0.3, -0.25) is 4.79 Å². The molecule has 0 radical (unpaired) electrons. The first-order valence-electron chi connectivity index (χ1n) is 2.42. The zero-order chi connectivity index (χ0) is 7.98. The van der Waals surface area contributed by atoms with Gasteiger partial charge in [0.1, 0.15) is 0 Å². The van der Waals surface area contributed by atoms with Crippen LogP contribution in [0.4, 0.5) is 0 Å². The molecule has 0 aliphatic rings. The summed E-state index contributed by atoms with van der Waals surface area (Å²) in [5.41, 5.74) is 14.8. The average Bonchev–Trinajstić information content (AvgIpc) is 1.89. The predicted molar refractivity (Wildman–Crippen MR) is 39.1 cm³/mol. The number of amides is 1. The second-order valence-corrected chi connectivity index (χ2v) is 1.82. The van der Waals surface area contributed by atoms with Crippen LogP contribution in [-0.4, -0.2) is 17.7 Å². The van der Waals surface area contributed by atoms with Gasteiger partial charge >= 0.3 is 0 Å². The number of nitrogens with zero attached hydrogens (tertiary/aromatic N) is 3. The topological polar surface area (TPSA) is 104 Å². The molecule has 0 heterocycles. The van der Waals surface area contributed by atoms with Gasteiger partial charge in [0.05, 0.1) is 0 Å². The summed E-state index contributed by atoms with van der Waals surface area (Å²) >= 11 is 3.78. The molecule has 1 atom stereocenters. The lowest BCUT2D eigenvalue weighted by atomic mass is 10.3. The van der Waals surface area contributed by atoms with Crippen LogP contribution < -0.4 is 11.2 Å². The number of nitrogens with one attached hydrogen (secondary N) is 1. The molecule has 1 amide bonds. The highest BCUT2D eigenvalue weighted by Gasteiger charge is 2.13. The Morgan fingerprint density at radius 2 is 2.60 bits per heavy atom. The number of azide groups is 1. The molecule has 0 aromatic carbocycles. The number of nitrogens with two attached hydrogens (primary N) is 1. The van der Waals surface area contributed by atoms with Gasteiger partial charge in [0.25, 0.3) is 5.91 Å². The van der Waals surface area contributed by atoms with Crippen molar-refractivity contribution in [1.29, 1.82) is 0 Å². The number of hydrogen-bond donors (Lipinski definition) is 3. The minimum absolute atomic E-state index is 0.203. The number of primary amides is 1. The van der Waals surface area contributed by atoms with Crippen molar-refractivity contribution in [3.05, 3.63) is 10.4 Å². The molecule has 0 unspecified atom stereocenters. The van der Waals surface area contributed by atoms with Crippen molar-refractivity contribution in [2.24, 2.45) is 11.0 Å². The van der Waals surface area contributed by atoms with Crippen LogP contribution in [0.2, 0.25) is 0 Å². The van der Waals surface area contributed by atoms with E-state index in [2.05, 4.69) is 28.2 Å². The lowest BCUT2D eigenvalue weighted by Gasteiger charge is -2.03. The van der Waals surface area contributed by atoms with E-state index in [1.807, 2.05) is 0 Å². The van der Waals surface area contributed by atoms with Gasteiger partial charge in [-0.15, -0.1) is 5.53 Å². The first-order valence-corrected chi connectivity index (χ1v) is 3.05. The smallest absolute Gasteiger partial charge is 0.263 e. The summed E-state index contributed by atoms with van der Waals surface area (Å²) in [4.78, 5) is 12.7. The van der Waals surface area contributed by atoms with Crippen LogP contribution in [0.3, 0.4) is 0 Å². The molecule has 0 aliphatic heterocycles. The highest BCUT2D eigenvalue weighted by atomic mass is 32.1. The molecule has 0 fully saturated rings. The largest absolute Gasteiger partial charge is 0.366 e. The lowest BCUT2D eigenvalue weighted by Crippen LogP contribution is -2.39. The van der Waals surface area contributed by atoms with Gasteiger partial charge in [0, 0.05) is 5.75 Å². The number of carbonyl (C=O) groups excluding carboxylic acids is 1. The summed E-state index contributed by atoms with van der Waals surface area (Å²) in [6.07, 6.45) is 0. The Morgan fingerprint density at radius 3 is 2.90 bits per heavy atom. The first-order chi connectivity index (χ1) is 4.72. The zero-order valence-electron chi connectivity index (χ0n) is 5.06. The quantitative estimate of drug-likeness (QED) is 0.171. The summed E-state index contributed by atoms with van der Waals surface area (Å²) in [5.74, 6) is -0.392. The van der Waals surface area contributed by atoms with Crippen LogP contribution >= 0.6 is 12.6 Å². The Labute approximate surface area is 62.8 Å². The Kier molecular flexibility index (Phi) is 4.26. The fourth-order valence-electron chi connectivity index (χ4n) is 0.290. The molecule has 0 saturated carbocycles. The Morgan fingerprint density at radius 1 is 2.00 bits per heavy atom. The van der Waals surface area contributed by atoms with Gasteiger partial charge in [-0.05, 0) is 5.22 Å². The molecule has 0 saturated heterocycles. The highest BCUT2D eigenvalue weighted by Crippen LogP contribution is 1.85. The Hall–Kier alpha value is -1.07. The molecule has 7 heteroatoms. The van der Waals surface area contributed by atoms with Crippen LogP contribution in [0.1, 0.15) is 0 Å². The van der Waals surface area contributed by atoms with Crippen molar-refractivity contribution in [2.45, 2.75) is 6.04 Å². The maximum Gasteiger partial charge on any atom is 0.263 e. The van der Waals surface area contributed by atoms with Gasteiger partial charge in [0.15, 0.2) is 6.04 Å². The van der Waals surface area contributed by atoms with E-state index in [9.17, 15) is 4.79 Å². The second-order valence-electron chi connectivity index (χ2n) is 1.46. The van der Waals surface area contributed by atoms with Crippen molar-refractivity contribution in [3.63, 3.8) is 0 Å². The molecule has 10 heavy (non-hydrogen) atoms. The third kappa shape index (κ3) is 3.06. The standard InChI is InChI=1S/C3H7N5OS/c4-3(9)2(1-10)6-8-7-5/h2,6,10H,1H2,(H2,4,9)/t2-/m0/s1. The molecular formula is C3H7N5OS. The van der Waals surface area contributed by atoms with Gasteiger partial charge in [-0.25, -0.2) is 5.43 Å². The van der Waals surface area contributed by atoms with E-state index < -0.39 is 11.9 Å². The predicted octanol–water partition coefficient (Wildman–Crippen LogP) is -0.415. The van der Waals surface area contributed by atoms with Crippen molar-refractivity contribution < 1.29 is 4.79 Å². The summed E-state index contributed by atoms with van der Waals surface area (Å²) in [5, 5.41) is 2.95. The van der Waals surface area contributed by atoms with Crippen LogP contribution in [0.15, 0.2) is 5.22 Å². The van der Waals surface area contributed by atoms with Gasteiger partial charge < -0.3 is 5.73 Å². The molecule has 0 spiro atoms. The lowest BCUT2D eigenvalue weighted by molar-refractivity contribution is -0.119. The minimum Gasteiger partial charge on any atom is -0.366 e. The third-order valence-electron chi connectivity index (χ3n) is 0.784. The number of carbonyl (C=O) groups is 1. The number of hydrogen-bond acceptors (Lipinski definition) is 3. The van der Waals surface area contributed by atoms with Gasteiger partial charge in [-0.2, -0.15) is 17.5 Å². The minimum atomic E-state index is -0.695. The normalized spacial score (nSPS) is 11.3. The first kappa shape index (κ1) is 8.93. The Balaban J connectivity index is 3.82. The van der Waals surface area contributed by atoms with Gasteiger partial charge in [-0.1, -0.05) is 0 Å². The van der Waals surface area contributed by atoms with E-state index in [1.165, 1.54) is 0 Å². The summed E-state index contributed by atoms with van der Waals surface area (Å²) in [6.45, 7) is 0. The Bertz CT molecular complexity index is 164. The van der Waals surface area contributed by atoms with Crippen LogP contribution in [0, 0.1) is 0 Å². The third-order valence-corrected chi connectivity index (χ3v) is 1.15. The summed E-state index contributed by atoms with van der Waals surface area (Å²) < 4.78 is 0. The number of rotatable bonds is 4. The summed E-state index contributed by atoms with van der Waals surface area (Å²) in [6, 6.07) is -0.695. The molecular weight excluding hydrogens is 154 g/mol. The molecule has 56 valence electrons. The highest BCUT2D eigenvalue weighted by molar-refractivity contribution is 7.80. The fraction of sp³-hybridized carbons (Fsp3) is 0.667. The molecule has 0 aromatic heterocycles. The van der Waals surface area contributed by atoms with E-state index in [0.717, 1.165) is 0 Å². The molecule has 6 nitrogen and oxygen atoms in total. The SMILES string of the molecule is [N-]=[N+]=NN[C@@H](CS)C(N)=O. The maximum absolute atomic E-state index is 10.4. The van der Waals surface area contributed by atoms with Crippen molar-refractivity contribution >= 4 is 18.5 Å². The molecule has 0 aliphatic carbocycles. The fourth-order valence-corrected chi connectivity index (χ4v) is 0.552. The molecule has 0 bridgehead atoms. The number of thiol groups is 1. The zero-order valence-corrected chi connectivity index (χ0v) is 5.95. The van der Waals surface area contributed by atoms with Crippen molar-refractivity contribution in [3.8, 4) is 0 Å². The van der Waals surface area contributed by atoms with E-state index in [1.54, 1.807) is 0 Å². The molecule has 0 aromatic rings. The van der Waals surface area contributed by atoms with Crippen molar-refractivity contribution in [1.82, 2.24) is 5.43 Å². The van der Waals surface area contributed by atoms with E-state index in [4.69, 9.17) is 11.3 Å². The monoisotopic (exact) mass is 161 g/mol. The molecule has 0 rings (SSSR count). The van der Waals surface area contributed by atoms with Crippen LogP contribution in [0.25, 0.3) is 10.4 Å². The van der Waals surface area contributed by atoms with E-state index >= 15 is 0 Å². The van der Waals surface area contributed by atoms with Crippen molar-refractivity contribution in [2.75, 3.05) is 5.75 Å². The van der Waals surface area contributed by atoms with Crippen LogP contribution in [0.5, 0.6) is 0 Å². The van der Waals surface area contributed by atoms with E-state index in [-0.39, 0.29) is 5.75 Å². The van der Waals surface area contributed by atoms with Crippen LogP contribution in [-0.2, 0) is 4.79 Å². The second kappa shape index (κ2) is 4.78. The maximum atomic E-state index is 10.4. The molecule has 3 N–H and O–H groups in total. The van der Waals surface area contributed by atoms with E-state index in [0.29, 0.717) is 0 Å². The van der Waals surface area contributed by atoms with Gasteiger partial charge in [0.2, 0.25) is 0 Å².